The molecule has 0 radical (unpaired) electrons. The van der Waals surface area contributed by atoms with E-state index in [9.17, 15) is 19.7 Å². The van der Waals surface area contributed by atoms with Gasteiger partial charge in [-0.2, -0.15) is 0 Å². The molecule has 0 aliphatic heterocycles. The Morgan fingerprint density at radius 2 is 2.24 bits per heavy atom. The molecule has 0 saturated carbocycles. The number of carbonyl (C=O) groups excluding carboxylic acids is 2. The molecule has 0 aliphatic carbocycles. The van der Waals surface area contributed by atoms with Gasteiger partial charge in [-0.3, -0.25) is 14.9 Å². The SMILES string of the molecule is Cc1cc([N+](=O)[O-])c(C=O)cc1COC(=O)c1ccoc1. The second-order valence-electron chi connectivity index (χ2n) is 4.30. The molecule has 0 bridgehead atoms. The van der Waals surface area contributed by atoms with Crippen LogP contribution in [0.5, 0.6) is 0 Å². The Morgan fingerprint density at radius 3 is 2.81 bits per heavy atom. The van der Waals surface area contributed by atoms with Crippen molar-refractivity contribution in [3.05, 3.63) is 63.1 Å². The van der Waals surface area contributed by atoms with Gasteiger partial charge in [0.15, 0.2) is 6.29 Å². The summed E-state index contributed by atoms with van der Waals surface area (Å²) in [5.74, 6) is -0.575. The van der Waals surface area contributed by atoms with Crippen LogP contribution < -0.4 is 0 Å². The third-order valence-electron chi connectivity index (χ3n) is 2.92. The lowest BCUT2D eigenvalue weighted by atomic mass is 10.0. The van der Waals surface area contributed by atoms with Crippen molar-refractivity contribution in [1.82, 2.24) is 0 Å². The molecular formula is C14H11NO6. The number of ether oxygens (including phenoxy) is 1. The molecule has 108 valence electrons. The van der Waals surface area contributed by atoms with Crippen LogP contribution >= 0.6 is 0 Å². The van der Waals surface area contributed by atoms with Gasteiger partial charge < -0.3 is 9.15 Å². The van der Waals surface area contributed by atoms with Crippen LogP contribution in [0, 0.1) is 17.0 Å². The summed E-state index contributed by atoms with van der Waals surface area (Å²) in [6.45, 7) is 1.55. The van der Waals surface area contributed by atoms with Crippen molar-refractivity contribution in [2.24, 2.45) is 0 Å². The molecule has 0 aliphatic rings. The van der Waals surface area contributed by atoms with Crippen LogP contribution in [0.3, 0.4) is 0 Å². The van der Waals surface area contributed by atoms with Gasteiger partial charge >= 0.3 is 5.97 Å². The van der Waals surface area contributed by atoms with Crippen molar-refractivity contribution in [1.29, 1.82) is 0 Å². The summed E-state index contributed by atoms with van der Waals surface area (Å²) in [7, 11) is 0. The Hall–Kier alpha value is -2.96. The van der Waals surface area contributed by atoms with E-state index in [1.165, 1.54) is 30.7 Å². The first-order valence-corrected chi connectivity index (χ1v) is 5.95. The van der Waals surface area contributed by atoms with Crippen molar-refractivity contribution >= 4 is 17.9 Å². The lowest BCUT2D eigenvalue weighted by molar-refractivity contribution is -0.385. The summed E-state index contributed by atoms with van der Waals surface area (Å²) >= 11 is 0. The van der Waals surface area contributed by atoms with Gasteiger partial charge in [0.1, 0.15) is 12.9 Å². The van der Waals surface area contributed by atoms with Crippen molar-refractivity contribution in [2.75, 3.05) is 0 Å². The van der Waals surface area contributed by atoms with E-state index in [2.05, 4.69) is 0 Å². The maximum atomic E-state index is 11.7. The van der Waals surface area contributed by atoms with Crippen LogP contribution in [0.1, 0.15) is 31.8 Å². The fourth-order valence-electron chi connectivity index (χ4n) is 1.77. The lowest BCUT2D eigenvalue weighted by Gasteiger charge is -2.08. The third kappa shape index (κ3) is 3.14. The highest BCUT2D eigenvalue weighted by Crippen LogP contribution is 2.23. The lowest BCUT2D eigenvalue weighted by Crippen LogP contribution is -2.06. The quantitative estimate of drug-likeness (QED) is 0.363. The summed E-state index contributed by atoms with van der Waals surface area (Å²) in [6.07, 6.45) is 3.00. The minimum Gasteiger partial charge on any atom is -0.472 e. The van der Waals surface area contributed by atoms with Crippen LogP contribution in [-0.4, -0.2) is 17.2 Å². The number of benzene rings is 1. The Morgan fingerprint density at radius 1 is 1.48 bits per heavy atom. The average Bonchev–Trinajstić information content (AvgIpc) is 2.99. The molecule has 21 heavy (non-hydrogen) atoms. The summed E-state index contributed by atoms with van der Waals surface area (Å²) in [4.78, 5) is 32.7. The van der Waals surface area contributed by atoms with E-state index >= 15 is 0 Å². The largest absolute Gasteiger partial charge is 0.472 e. The standard InChI is InChI=1S/C14H11NO6/c1-9-4-13(15(18)19)11(6-16)5-12(9)8-21-14(17)10-2-3-20-7-10/h2-7H,8H2,1H3. The Bertz CT molecular complexity index is 690. The monoisotopic (exact) mass is 289 g/mol. The first-order chi connectivity index (χ1) is 10.0. The first-order valence-electron chi connectivity index (χ1n) is 5.95. The number of nitro groups is 1. The number of rotatable bonds is 5. The van der Waals surface area contributed by atoms with Gasteiger partial charge in [0, 0.05) is 6.07 Å². The van der Waals surface area contributed by atoms with Crippen LogP contribution in [-0.2, 0) is 11.3 Å². The number of hydrogen-bond donors (Lipinski definition) is 0. The highest BCUT2D eigenvalue weighted by molar-refractivity contribution is 5.89. The number of hydrogen-bond acceptors (Lipinski definition) is 6. The van der Waals surface area contributed by atoms with Crippen molar-refractivity contribution < 1.29 is 23.7 Å². The molecule has 0 saturated heterocycles. The van der Waals surface area contributed by atoms with Crippen LogP contribution in [0.15, 0.2) is 35.1 Å². The molecule has 0 N–H and O–H groups in total. The molecule has 1 aromatic heterocycles. The van der Waals surface area contributed by atoms with Gasteiger partial charge in [0.05, 0.1) is 22.3 Å². The van der Waals surface area contributed by atoms with E-state index in [1.807, 2.05) is 0 Å². The molecule has 1 aromatic carbocycles. The summed E-state index contributed by atoms with van der Waals surface area (Å²) in [5.41, 5.74) is 1.03. The Kier molecular flexibility index (Phi) is 4.13. The van der Waals surface area contributed by atoms with Crippen molar-refractivity contribution in [3.8, 4) is 0 Å². The van der Waals surface area contributed by atoms with E-state index < -0.39 is 10.9 Å². The summed E-state index contributed by atoms with van der Waals surface area (Å²) in [6, 6.07) is 4.09. The zero-order valence-electron chi connectivity index (χ0n) is 11.1. The van der Waals surface area contributed by atoms with Gasteiger partial charge in [-0.05, 0) is 30.2 Å². The van der Waals surface area contributed by atoms with Crippen LogP contribution in [0.25, 0.3) is 0 Å². The highest BCUT2D eigenvalue weighted by atomic mass is 16.6. The second kappa shape index (κ2) is 6.00. The van der Waals surface area contributed by atoms with E-state index in [-0.39, 0.29) is 23.4 Å². The zero-order chi connectivity index (χ0) is 15.4. The molecule has 0 fully saturated rings. The molecule has 0 spiro atoms. The van der Waals surface area contributed by atoms with E-state index in [1.54, 1.807) is 6.92 Å². The van der Waals surface area contributed by atoms with Crippen molar-refractivity contribution in [2.45, 2.75) is 13.5 Å². The molecule has 0 amide bonds. The normalized spacial score (nSPS) is 10.1. The minimum atomic E-state index is -0.627. The van der Waals surface area contributed by atoms with Crippen LogP contribution in [0.2, 0.25) is 0 Å². The number of nitro benzene ring substituents is 1. The molecule has 7 heteroatoms. The summed E-state index contributed by atoms with van der Waals surface area (Å²) in [5, 5.41) is 10.8. The van der Waals surface area contributed by atoms with Crippen molar-refractivity contribution in [3.63, 3.8) is 0 Å². The number of nitrogens with zero attached hydrogens (tertiary/aromatic N) is 1. The number of furan rings is 1. The maximum absolute atomic E-state index is 11.7. The fraction of sp³-hybridized carbons (Fsp3) is 0.143. The van der Waals surface area contributed by atoms with Gasteiger partial charge in [-0.25, -0.2) is 4.79 Å². The summed E-state index contributed by atoms with van der Waals surface area (Å²) < 4.78 is 9.84. The molecular weight excluding hydrogens is 278 g/mol. The number of carbonyl (C=O) groups is 2. The molecule has 7 nitrogen and oxygen atoms in total. The fourth-order valence-corrected chi connectivity index (χ4v) is 1.77. The van der Waals surface area contributed by atoms with Gasteiger partial charge in [0.25, 0.3) is 5.69 Å². The number of aryl methyl sites for hydroxylation is 1. The number of esters is 1. The predicted molar refractivity (Wildman–Crippen MR) is 71.0 cm³/mol. The smallest absolute Gasteiger partial charge is 0.341 e. The van der Waals surface area contributed by atoms with Gasteiger partial charge in [0.2, 0.25) is 0 Å². The van der Waals surface area contributed by atoms with Crippen LogP contribution in [0.4, 0.5) is 5.69 Å². The maximum Gasteiger partial charge on any atom is 0.341 e. The molecule has 2 rings (SSSR count). The van der Waals surface area contributed by atoms with E-state index in [4.69, 9.17) is 9.15 Å². The molecule has 0 atom stereocenters. The van der Waals surface area contributed by atoms with Gasteiger partial charge in [-0.1, -0.05) is 0 Å². The Balaban J connectivity index is 2.19. The third-order valence-corrected chi connectivity index (χ3v) is 2.92. The minimum absolute atomic E-state index is 0.0556. The topological polar surface area (TPSA) is 99.6 Å². The molecule has 1 heterocycles. The highest BCUT2D eigenvalue weighted by Gasteiger charge is 2.17. The number of aldehydes is 1. The van der Waals surface area contributed by atoms with Gasteiger partial charge in [-0.15, -0.1) is 0 Å². The average molecular weight is 289 g/mol. The predicted octanol–water partition coefficient (Wildman–Crippen LogP) is 2.67. The molecule has 2 aromatic rings. The Labute approximate surface area is 119 Å². The van der Waals surface area contributed by atoms with E-state index in [0.29, 0.717) is 17.4 Å². The van der Waals surface area contributed by atoms with E-state index in [0.717, 1.165) is 0 Å². The molecule has 0 unspecified atom stereocenters. The second-order valence-corrected chi connectivity index (χ2v) is 4.30. The zero-order valence-corrected chi connectivity index (χ0v) is 11.1. The first kappa shape index (κ1) is 14.4.